The summed E-state index contributed by atoms with van der Waals surface area (Å²) in [7, 11) is 0. The van der Waals surface area contributed by atoms with Gasteiger partial charge in [0.25, 0.3) is 0 Å². The standard InChI is InChI=1S/C29H42O2/c1-18(2)20-7-5-19(6-8-20)15-21-16-26-24-10-9-22-17-23(30)11-13-28(22,3)25(24)12-14-29(26,4)27(21)31/h5-8,15,18,22-27,30-31H,9-14,16-17H2,1-4H3/b21-15-. The molecule has 31 heavy (non-hydrogen) atoms. The van der Waals surface area contributed by atoms with Crippen LogP contribution in [-0.2, 0) is 0 Å². The zero-order valence-corrected chi connectivity index (χ0v) is 20.0. The van der Waals surface area contributed by atoms with Gasteiger partial charge in [0.05, 0.1) is 12.2 Å². The molecule has 5 rings (SSSR count). The Morgan fingerprint density at radius 3 is 2.32 bits per heavy atom. The number of aliphatic hydroxyl groups excluding tert-OH is 2. The number of hydrogen-bond acceptors (Lipinski definition) is 2. The lowest BCUT2D eigenvalue weighted by molar-refractivity contribution is -0.133. The molecule has 2 N–H and O–H groups in total. The summed E-state index contributed by atoms with van der Waals surface area (Å²) in [5.74, 6) is 3.36. The highest BCUT2D eigenvalue weighted by Crippen LogP contribution is 2.67. The van der Waals surface area contributed by atoms with Crippen molar-refractivity contribution in [3.05, 3.63) is 41.0 Å². The number of rotatable bonds is 2. The van der Waals surface area contributed by atoms with Gasteiger partial charge in [0.15, 0.2) is 0 Å². The van der Waals surface area contributed by atoms with Crippen LogP contribution in [-0.4, -0.2) is 22.4 Å². The summed E-state index contributed by atoms with van der Waals surface area (Å²) in [6.07, 6.45) is 11.1. The van der Waals surface area contributed by atoms with E-state index >= 15 is 0 Å². The summed E-state index contributed by atoms with van der Waals surface area (Å²) >= 11 is 0. The van der Waals surface area contributed by atoms with Crippen molar-refractivity contribution < 1.29 is 10.2 Å². The van der Waals surface area contributed by atoms with E-state index in [0.717, 1.165) is 37.5 Å². The lowest BCUT2D eigenvalue weighted by Gasteiger charge is -2.60. The summed E-state index contributed by atoms with van der Waals surface area (Å²) in [5.41, 5.74) is 4.29. The minimum absolute atomic E-state index is 0.0300. The van der Waals surface area contributed by atoms with Crippen molar-refractivity contribution in [3.8, 4) is 0 Å². The molecule has 2 nitrogen and oxygen atoms in total. The van der Waals surface area contributed by atoms with Crippen LogP contribution in [0, 0.1) is 34.5 Å². The maximum atomic E-state index is 11.5. The minimum Gasteiger partial charge on any atom is -0.393 e. The van der Waals surface area contributed by atoms with Crippen LogP contribution in [0.1, 0.15) is 96.1 Å². The zero-order valence-electron chi connectivity index (χ0n) is 20.0. The van der Waals surface area contributed by atoms with E-state index in [1.165, 1.54) is 42.4 Å². The van der Waals surface area contributed by atoms with E-state index in [1.807, 2.05) is 0 Å². The minimum atomic E-state index is -0.304. The van der Waals surface area contributed by atoms with E-state index in [1.54, 1.807) is 0 Å². The summed E-state index contributed by atoms with van der Waals surface area (Å²) in [6.45, 7) is 9.39. The molecule has 0 aliphatic heterocycles. The molecular formula is C29H42O2. The van der Waals surface area contributed by atoms with Gasteiger partial charge in [0.1, 0.15) is 0 Å². The van der Waals surface area contributed by atoms with Gasteiger partial charge in [-0.3, -0.25) is 0 Å². The third-order valence-corrected chi connectivity index (χ3v) is 10.5. The Hall–Kier alpha value is -1.12. The summed E-state index contributed by atoms with van der Waals surface area (Å²) in [5, 5.41) is 21.7. The highest BCUT2D eigenvalue weighted by Gasteiger charge is 2.61. The molecule has 1 aromatic rings. The Kier molecular flexibility index (Phi) is 5.42. The molecule has 4 fully saturated rings. The molecule has 4 aliphatic rings. The molecule has 0 saturated heterocycles. The van der Waals surface area contributed by atoms with E-state index in [9.17, 15) is 10.2 Å². The number of benzene rings is 1. The lowest BCUT2D eigenvalue weighted by atomic mass is 9.45. The second kappa shape index (κ2) is 7.73. The van der Waals surface area contributed by atoms with Crippen molar-refractivity contribution in [1.29, 1.82) is 0 Å². The van der Waals surface area contributed by atoms with Gasteiger partial charge >= 0.3 is 0 Å². The SMILES string of the molecule is CC(C)c1ccc(/C=C2/CC3C4CCC5CC(O)CCC5(C)C4CCC3(C)C2O)cc1. The molecular weight excluding hydrogens is 380 g/mol. The van der Waals surface area contributed by atoms with Crippen LogP contribution in [0.3, 0.4) is 0 Å². The van der Waals surface area contributed by atoms with Crippen LogP contribution < -0.4 is 0 Å². The van der Waals surface area contributed by atoms with Gasteiger partial charge in [-0.2, -0.15) is 0 Å². The van der Waals surface area contributed by atoms with E-state index in [0.29, 0.717) is 23.2 Å². The second-order valence-corrected chi connectivity index (χ2v) is 12.3. The molecule has 0 radical (unpaired) electrons. The molecule has 8 atom stereocenters. The van der Waals surface area contributed by atoms with Crippen molar-refractivity contribution in [2.45, 2.75) is 97.2 Å². The van der Waals surface area contributed by atoms with Crippen molar-refractivity contribution in [2.75, 3.05) is 0 Å². The fourth-order valence-corrected chi connectivity index (χ4v) is 8.43. The van der Waals surface area contributed by atoms with Gasteiger partial charge in [0, 0.05) is 5.41 Å². The molecule has 0 heterocycles. The molecule has 0 aromatic heterocycles. The zero-order chi connectivity index (χ0) is 22.0. The average molecular weight is 423 g/mol. The van der Waals surface area contributed by atoms with Crippen molar-refractivity contribution in [1.82, 2.24) is 0 Å². The quantitative estimate of drug-likeness (QED) is 0.566. The molecule has 4 saturated carbocycles. The first-order valence-corrected chi connectivity index (χ1v) is 12.9. The first kappa shape index (κ1) is 21.7. The third kappa shape index (κ3) is 3.44. The van der Waals surface area contributed by atoms with E-state index in [2.05, 4.69) is 58.0 Å². The Morgan fingerprint density at radius 1 is 0.903 bits per heavy atom. The highest BCUT2D eigenvalue weighted by atomic mass is 16.3. The predicted molar refractivity (Wildman–Crippen MR) is 128 cm³/mol. The van der Waals surface area contributed by atoms with Crippen molar-refractivity contribution in [3.63, 3.8) is 0 Å². The molecule has 2 heteroatoms. The van der Waals surface area contributed by atoms with Crippen LogP contribution in [0.5, 0.6) is 0 Å². The van der Waals surface area contributed by atoms with Crippen LogP contribution in [0.25, 0.3) is 6.08 Å². The molecule has 170 valence electrons. The molecule has 4 aliphatic carbocycles. The topological polar surface area (TPSA) is 40.5 Å². The van der Waals surface area contributed by atoms with Crippen molar-refractivity contribution in [2.24, 2.45) is 34.5 Å². The van der Waals surface area contributed by atoms with Crippen LogP contribution >= 0.6 is 0 Å². The Labute approximate surface area is 189 Å². The van der Waals surface area contributed by atoms with E-state index < -0.39 is 0 Å². The molecule has 0 spiro atoms. The monoisotopic (exact) mass is 422 g/mol. The van der Waals surface area contributed by atoms with Crippen LogP contribution in [0.15, 0.2) is 29.8 Å². The van der Waals surface area contributed by atoms with E-state index in [4.69, 9.17) is 0 Å². The van der Waals surface area contributed by atoms with Gasteiger partial charge in [0.2, 0.25) is 0 Å². The summed E-state index contributed by atoms with van der Waals surface area (Å²) in [4.78, 5) is 0. The number of fused-ring (bicyclic) bond motifs is 5. The van der Waals surface area contributed by atoms with Gasteiger partial charge < -0.3 is 10.2 Å². The maximum absolute atomic E-state index is 11.5. The Balaban J connectivity index is 1.40. The van der Waals surface area contributed by atoms with Gasteiger partial charge in [-0.05, 0) is 103 Å². The first-order valence-electron chi connectivity index (χ1n) is 12.9. The maximum Gasteiger partial charge on any atom is 0.0809 e. The smallest absolute Gasteiger partial charge is 0.0809 e. The van der Waals surface area contributed by atoms with Gasteiger partial charge in [-0.25, -0.2) is 0 Å². The largest absolute Gasteiger partial charge is 0.393 e. The lowest BCUT2D eigenvalue weighted by Crippen LogP contribution is -2.54. The third-order valence-electron chi connectivity index (χ3n) is 10.5. The number of aliphatic hydroxyl groups is 2. The predicted octanol–water partition coefficient (Wildman–Crippen LogP) is 6.57. The fourth-order valence-electron chi connectivity index (χ4n) is 8.43. The molecule has 0 amide bonds. The van der Waals surface area contributed by atoms with Crippen molar-refractivity contribution >= 4 is 6.08 Å². The average Bonchev–Trinajstić information content (AvgIpc) is 2.99. The van der Waals surface area contributed by atoms with Crippen LogP contribution in [0.4, 0.5) is 0 Å². The molecule has 0 bridgehead atoms. The number of hydrogen-bond donors (Lipinski definition) is 2. The Bertz CT molecular complexity index is 839. The highest BCUT2D eigenvalue weighted by molar-refractivity contribution is 5.56. The summed E-state index contributed by atoms with van der Waals surface area (Å²) in [6, 6.07) is 8.93. The van der Waals surface area contributed by atoms with Gasteiger partial charge in [-0.15, -0.1) is 0 Å². The molecule has 8 unspecified atom stereocenters. The normalized spacial score (nSPS) is 46.0. The second-order valence-electron chi connectivity index (χ2n) is 12.3. The Morgan fingerprint density at radius 2 is 1.61 bits per heavy atom. The molecule has 1 aromatic carbocycles. The first-order chi connectivity index (χ1) is 14.7. The van der Waals surface area contributed by atoms with Crippen LogP contribution in [0.2, 0.25) is 0 Å². The fraction of sp³-hybridized carbons (Fsp3) is 0.724. The van der Waals surface area contributed by atoms with E-state index in [-0.39, 0.29) is 17.6 Å². The summed E-state index contributed by atoms with van der Waals surface area (Å²) < 4.78 is 0. The van der Waals surface area contributed by atoms with Gasteiger partial charge in [-0.1, -0.05) is 58.0 Å².